The van der Waals surface area contributed by atoms with Gasteiger partial charge in [-0.25, -0.2) is 8.42 Å². The Kier molecular flexibility index (Phi) is 3.40. The Bertz CT molecular complexity index is 590. The number of aliphatic carboxylic acids is 1. The van der Waals surface area contributed by atoms with Gasteiger partial charge in [0.15, 0.2) is 9.84 Å². The number of benzene rings is 1. The fourth-order valence-corrected chi connectivity index (χ4v) is 4.39. The molecule has 1 aromatic rings. The first-order valence-corrected chi connectivity index (χ1v) is 7.42. The maximum absolute atomic E-state index is 12.4. The van der Waals surface area contributed by atoms with Gasteiger partial charge in [-0.3, -0.25) is 4.79 Å². The smallest absolute Gasteiger partial charge is 0.313 e. The van der Waals surface area contributed by atoms with Crippen LogP contribution >= 0.6 is 0 Å². The first-order chi connectivity index (χ1) is 8.84. The van der Waals surface area contributed by atoms with Gasteiger partial charge in [0.2, 0.25) is 0 Å². The predicted octanol–water partition coefficient (Wildman–Crippen LogP) is 1.26. The summed E-state index contributed by atoms with van der Waals surface area (Å²) < 4.78 is 29.6. The summed E-state index contributed by atoms with van der Waals surface area (Å²) in [6.45, 7) is 1.78. The molecule has 0 spiro atoms. The number of hydrogen-bond donors (Lipinski definition) is 1. The van der Waals surface area contributed by atoms with Crippen molar-refractivity contribution < 1.29 is 23.1 Å². The van der Waals surface area contributed by atoms with Crippen molar-refractivity contribution in [1.29, 1.82) is 0 Å². The quantitative estimate of drug-likeness (QED) is 0.880. The highest BCUT2D eigenvalue weighted by molar-refractivity contribution is 7.92. The molecule has 104 valence electrons. The third-order valence-corrected chi connectivity index (χ3v) is 5.85. The largest absolute Gasteiger partial charge is 0.481 e. The summed E-state index contributed by atoms with van der Waals surface area (Å²) in [6.07, 6.45) is 0.104. The van der Waals surface area contributed by atoms with Crippen LogP contribution in [-0.2, 0) is 19.4 Å². The second-order valence-corrected chi connectivity index (χ2v) is 7.08. The maximum atomic E-state index is 12.4. The standard InChI is InChI=1S/C13H16O5S/c1-9-3-5-10(6-4-9)19(16,17)11-7-13(11,8-18-2)12(14)15/h3-6,11H,7-8H2,1-2H3,(H,14,15). The lowest BCUT2D eigenvalue weighted by Gasteiger charge is -2.11. The molecular formula is C13H16O5S. The number of carbonyl (C=O) groups is 1. The molecule has 0 radical (unpaired) electrons. The molecule has 6 heteroatoms. The summed E-state index contributed by atoms with van der Waals surface area (Å²) in [5.41, 5.74) is -0.338. The first-order valence-electron chi connectivity index (χ1n) is 5.87. The molecule has 19 heavy (non-hydrogen) atoms. The zero-order chi connectivity index (χ0) is 14.3. The predicted molar refractivity (Wildman–Crippen MR) is 68.7 cm³/mol. The Balaban J connectivity index is 2.33. The number of ether oxygens (including phenoxy) is 1. The number of methoxy groups -OCH3 is 1. The van der Waals surface area contributed by atoms with Crippen LogP contribution in [0.15, 0.2) is 29.2 Å². The Morgan fingerprint density at radius 3 is 2.47 bits per heavy atom. The second kappa shape index (κ2) is 4.61. The number of carboxylic acids is 1. The van der Waals surface area contributed by atoms with Gasteiger partial charge in [0.1, 0.15) is 5.41 Å². The third-order valence-electron chi connectivity index (χ3n) is 3.56. The summed E-state index contributed by atoms with van der Waals surface area (Å²) in [5, 5.41) is 8.31. The van der Waals surface area contributed by atoms with Crippen LogP contribution in [0.1, 0.15) is 12.0 Å². The van der Waals surface area contributed by atoms with Crippen LogP contribution in [-0.4, -0.2) is 38.5 Å². The summed E-state index contributed by atoms with van der Waals surface area (Å²) in [6, 6.07) is 6.44. The van der Waals surface area contributed by atoms with Crippen LogP contribution in [0.2, 0.25) is 0 Å². The number of rotatable bonds is 5. The van der Waals surface area contributed by atoms with Crippen molar-refractivity contribution in [1.82, 2.24) is 0 Å². The highest BCUT2D eigenvalue weighted by Crippen LogP contribution is 2.53. The Morgan fingerprint density at radius 1 is 1.42 bits per heavy atom. The highest BCUT2D eigenvalue weighted by Gasteiger charge is 2.67. The van der Waals surface area contributed by atoms with Gasteiger partial charge in [-0.1, -0.05) is 17.7 Å². The van der Waals surface area contributed by atoms with Gasteiger partial charge in [0.25, 0.3) is 0 Å². The van der Waals surface area contributed by atoms with Gasteiger partial charge in [0, 0.05) is 7.11 Å². The minimum atomic E-state index is -3.62. The fourth-order valence-electron chi connectivity index (χ4n) is 2.27. The summed E-state index contributed by atoms with van der Waals surface area (Å²) in [4.78, 5) is 11.4. The lowest BCUT2D eigenvalue weighted by atomic mass is 10.1. The van der Waals surface area contributed by atoms with E-state index in [2.05, 4.69) is 0 Å². The molecule has 0 aromatic heterocycles. The molecule has 1 saturated carbocycles. The summed E-state index contributed by atoms with van der Waals surface area (Å²) >= 11 is 0. The normalized spacial score (nSPS) is 26.1. The molecule has 0 heterocycles. The van der Waals surface area contributed by atoms with E-state index in [1.807, 2.05) is 6.92 Å². The van der Waals surface area contributed by atoms with Gasteiger partial charge in [-0.2, -0.15) is 0 Å². The molecular weight excluding hydrogens is 268 g/mol. The van der Waals surface area contributed by atoms with Crippen LogP contribution < -0.4 is 0 Å². The van der Waals surface area contributed by atoms with E-state index in [-0.39, 0.29) is 17.9 Å². The van der Waals surface area contributed by atoms with E-state index in [0.717, 1.165) is 5.56 Å². The SMILES string of the molecule is COCC1(C(=O)O)CC1S(=O)(=O)c1ccc(C)cc1. The average Bonchev–Trinajstić information content (AvgIpc) is 3.07. The van der Waals surface area contributed by atoms with E-state index in [0.29, 0.717) is 0 Å². The molecule has 1 aliphatic carbocycles. The molecule has 0 bridgehead atoms. The van der Waals surface area contributed by atoms with Crippen molar-refractivity contribution in [2.75, 3.05) is 13.7 Å². The van der Waals surface area contributed by atoms with Gasteiger partial charge in [-0.05, 0) is 25.5 Å². The van der Waals surface area contributed by atoms with Gasteiger partial charge >= 0.3 is 5.97 Å². The molecule has 2 rings (SSSR count). The second-order valence-electron chi connectivity index (χ2n) is 4.95. The molecule has 1 aliphatic rings. The minimum Gasteiger partial charge on any atom is -0.481 e. The van der Waals surface area contributed by atoms with Gasteiger partial charge in [0.05, 0.1) is 16.8 Å². The fraction of sp³-hybridized carbons (Fsp3) is 0.462. The van der Waals surface area contributed by atoms with Crippen molar-refractivity contribution in [3.05, 3.63) is 29.8 Å². The van der Waals surface area contributed by atoms with E-state index in [4.69, 9.17) is 4.74 Å². The number of sulfone groups is 1. The summed E-state index contributed by atoms with van der Waals surface area (Å²) in [5.74, 6) is -1.12. The maximum Gasteiger partial charge on any atom is 0.313 e. The third kappa shape index (κ3) is 2.26. The molecule has 2 atom stereocenters. The number of aryl methyl sites for hydroxylation is 1. The molecule has 1 fully saturated rings. The van der Waals surface area contributed by atoms with Crippen molar-refractivity contribution >= 4 is 15.8 Å². The van der Waals surface area contributed by atoms with Crippen LogP contribution in [0.5, 0.6) is 0 Å². The molecule has 2 unspecified atom stereocenters. The number of hydrogen-bond acceptors (Lipinski definition) is 4. The van der Waals surface area contributed by atoms with Crippen molar-refractivity contribution in [2.45, 2.75) is 23.5 Å². The average molecular weight is 284 g/mol. The van der Waals surface area contributed by atoms with E-state index in [1.165, 1.54) is 19.2 Å². The molecule has 5 nitrogen and oxygen atoms in total. The zero-order valence-corrected chi connectivity index (χ0v) is 11.6. The monoisotopic (exact) mass is 284 g/mol. The van der Waals surface area contributed by atoms with E-state index in [9.17, 15) is 18.3 Å². The first kappa shape index (κ1) is 14.0. The Labute approximate surface area is 112 Å². The lowest BCUT2D eigenvalue weighted by Crippen LogP contribution is -2.28. The molecule has 0 saturated heterocycles. The Hall–Kier alpha value is -1.40. The highest BCUT2D eigenvalue weighted by atomic mass is 32.2. The zero-order valence-electron chi connectivity index (χ0n) is 10.8. The summed E-state index contributed by atoms with van der Waals surface area (Å²) in [7, 11) is -2.24. The van der Waals surface area contributed by atoms with Crippen LogP contribution in [0.4, 0.5) is 0 Å². The van der Waals surface area contributed by atoms with Crippen LogP contribution in [0, 0.1) is 12.3 Å². The van der Waals surface area contributed by atoms with Crippen molar-refractivity contribution in [3.63, 3.8) is 0 Å². The minimum absolute atomic E-state index is 0.0852. The van der Waals surface area contributed by atoms with Gasteiger partial charge in [-0.15, -0.1) is 0 Å². The van der Waals surface area contributed by atoms with Crippen molar-refractivity contribution in [3.8, 4) is 0 Å². The molecule has 0 amide bonds. The molecule has 1 N–H and O–H groups in total. The van der Waals surface area contributed by atoms with Crippen LogP contribution in [0.25, 0.3) is 0 Å². The van der Waals surface area contributed by atoms with E-state index in [1.54, 1.807) is 12.1 Å². The van der Waals surface area contributed by atoms with Crippen molar-refractivity contribution in [2.24, 2.45) is 5.41 Å². The topological polar surface area (TPSA) is 80.7 Å². The van der Waals surface area contributed by atoms with E-state index >= 15 is 0 Å². The molecule has 0 aliphatic heterocycles. The Morgan fingerprint density at radius 2 is 2.00 bits per heavy atom. The van der Waals surface area contributed by atoms with Gasteiger partial charge < -0.3 is 9.84 Å². The van der Waals surface area contributed by atoms with E-state index < -0.39 is 26.5 Å². The lowest BCUT2D eigenvalue weighted by molar-refractivity contribution is -0.145. The molecule has 1 aromatic carbocycles. The van der Waals surface area contributed by atoms with Crippen LogP contribution in [0.3, 0.4) is 0 Å². The number of carboxylic acid groups (broad SMARTS) is 1.